The Kier molecular flexibility index (Phi) is 3.91. The summed E-state index contributed by atoms with van der Waals surface area (Å²) in [5.41, 5.74) is 0. The number of amides is 1. The molecule has 15 heavy (non-hydrogen) atoms. The second-order valence-corrected chi connectivity index (χ2v) is 3.20. The van der Waals surface area contributed by atoms with Crippen LogP contribution in [0.4, 0.5) is 4.79 Å². The van der Waals surface area contributed by atoms with Crippen molar-refractivity contribution in [2.45, 2.75) is 12.5 Å². The lowest BCUT2D eigenvalue weighted by Crippen LogP contribution is -2.33. The van der Waals surface area contributed by atoms with E-state index in [0.29, 0.717) is 6.42 Å². The zero-order chi connectivity index (χ0) is 11.3. The van der Waals surface area contributed by atoms with Crippen molar-refractivity contribution in [1.82, 2.24) is 5.32 Å². The third kappa shape index (κ3) is 3.46. The molecule has 0 unspecified atom stereocenters. The van der Waals surface area contributed by atoms with Crippen LogP contribution >= 0.6 is 0 Å². The van der Waals surface area contributed by atoms with Crippen LogP contribution < -0.4 is 5.32 Å². The Balaban J connectivity index is 2.30. The molecular weight excluding hydrogens is 198 g/mol. The Morgan fingerprint density at radius 1 is 1.60 bits per heavy atom. The van der Waals surface area contributed by atoms with Gasteiger partial charge < -0.3 is 15.2 Å². The summed E-state index contributed by atoms with van der Waals surface area (Å²) in [5, 5.41) is 11.2. The molecule has 1 amide bonds. The van der Waals surface area contributed by atoms with Crippen molar-refractivity contribution in [3.05, 3.63) is 24.8 Å². The van der Waals surface area contributed by atoms with Crippen molar-refractivity contribution in [3.8, 4) is 0 Å². The van der Waals surface area contributed by atoms with Gasteiger partial charge in [0.05, 0.1) is 12.0 Å². The fourth-order valence-electron chi connectivity index (χ4n) is 1.32. The van der Waals surface area contributed by atoms with Gasteiger partial charge in [-0.2, -0.15) is 0 Å². The van der Waals surface area contributed by atoms with Crippen LogP contribution in [-0.4, -0.2) is 29.8 Å². The second kappa shape index (κ2) is 5.19. The van der Waals surface area contributed by atoms with Gasteiger partial charge in [-0.15, -0.1) is 0 Å². The molecule has 0 radical (unpaired) electrons. The third-order valence-corrected chi connectivity index (χ3v) is 2.04. The number of carbonyl (C=O) groups is 2. The van der Waals surface area contributed by atoms with Gasteiger partial charge in [-0.05, 0) is 6.42 Å². The van der Waals surface area contributed by atoms with Gasteiger partial charge in [0, 0.05) is 0 Å². The highest BCUT2D eigenvalue weighted by Crippen LogP contribution is 2.17. The molecule has 1 rings (SSSR count). The number of hydrogen-bond acceptors (Lipinski definition) is 3. The summed E-state index contributed by atoms with van der Waals surface area (Å²) in [7, 11) is 0. The fourth-order valence-corrected chi connectivity index (χ4v) is 1.32. The van der Waals surface area contributed by atoms with Crippen LogP contribution in [0.1, 0.15) is 6.42 Å². The molecule has 1 aliphatic rings. The van der Waals surface area contributed by atoms with Crippen molar-refractivity contribution < 1.29 is 19.4 Å². The molecule has 0 spiro atoms. The highest BCUT2D eigenvalue weighted by Gasteiger charge is 2.25. The number of rotatable bonds is 4. The second-order valence-electron chi connectivity index (χ2n) is 3.20. The van der Waals surface area contributed by atoms with Crippen LogP contribution in [0.3, 0.4) is 0 Å². The molecule has 0 aromatic heterocycles. The van der Waals surface area contributed by atoms with E-state index in [1.807, 2.05) is 0 Å². The molecule has 0 fully saturated rings. The van der Waals surface area contributed by atoms with Crippen molar-refractivity contribution >= 4 is 12.1 Å². The van der Waals surface area contributed by atoms with Gasteiger partial charge >= 0.3 is 12.1 Å². The first-order chi connectivity index (χ1) is 7.13. The summed E-state index contributed by atoms with van der Waals surface area (Å²) in [6.45, 7) is 3.55. The number of hydrogen-bond donors (Lipinski definition) is 2. The Morgan fingerprint density at radius 2 is 2.33 bits per heavy atom. The molecule has 0 heterocycles. The topological polar surface area (TPSA) is 75.6 Å². The van der Waals surface area contributed by atoms with Crippen LogP contribution in [0.15, 0.2) is 24.8 Å². The number of ether oxygens (including phenoxy) is 1. The molecule has 82 valence electrons. The third-order valence-electron chi connectivity index (χ3n) is 2.04. The van der Waals surface area contributed by atoms with E-state index in [1.165, 1.54) is 6.08 Å². The highest BCUT2D eigenvalue weighted by molar-refractivity contribution is 5.74. The smallest absolute Gasteiger partial charge is 0.407 e. The van der Waals surface area contributed by atoms with Crippen LogP contribution in [0.25, 0.3) is 0 Å². The molecule has 0 saturated carbocycles. The van der Waals surface area contributed by atoms with E-state index in [1.54, 1.807) is 12.2 Å². The van der Waals surface area contributed by atoms with Gasteiger partial charge in [0.25, 0.3) is 0 Å². The van der Waals surface area contributed by atoms with Crippen LogP contribution in [0.2, 0.25) is 0 Å². The number of alkyl carbamates (subject to hydrolysis) is 1. The van der Waals surface area contributed by atoms with Crippen LogP contribution in [0, 0.1) is 5.92 Å². The largest absolute Gasteiger partial charge is 0.481 e. The first-order valence-electron chi connectivity index (χ1n) is 4.58. The maximum absolute atomic E-state index is 11.1. The fraction of sp³-hybridized carbons (Fsp3) is 0.400. The number of aliphatic carboxylic acids is 1. The van der Waals surface area contributed by atoms with E-state index in [2.05, 4.69) is 11.9 Å². The van der Waals surface area contributed by atoms with Crippen molar-refractivity contribution in [3.63, 3.8) is 0 Å². The molecule has 2 atom stereocenters. The number of carbonyl (C=O) groups excluding carboxylic acids is 1. The summed E-state index contributed by atoms with van der Waals surface area (Å²) in [6, 6.07) is -0.261. The SMILES string of the molecule is C=CCOC(=O)N[C@H]1C=C[C@@H](C(=O)O)C1. The first kappa shape index (κ1) is 11.3. The Morgan fingerprint density at radius 3 is 2.87 bits per heavy atom. The lowest BCUT2D eigenvalue weighted by molar-refractivity contribution is -0.140. The highest BCUT2D eigenvalue weighted by atomic mass is 16.5. The van der Waals surface area contributed by atoms with Gasteiger partial charge in [0.15, 0.2) is 0 Å². The van der Waals surface area contributed by atoms with Crippen molar-refractivity contribution in [2.75, 3.05) is 6.61 Å². The van der Waals surface area contributed by atoms with Crippen LogP contribution in [0.5, 0.6) is 0 Å². The van der Waals surface area contributed by atoms with Gasteiger partial charge in [0.1, 0.15) is 6.61 Å². The van der Waals surface area contributed by atoms with Crippen molar-refractivity contribution in [1.29, 1.82) is 0 Å². The summed E-state index contributed by atoms with van der Waals surface area (Å²) in [6.07, 6.45) is 4.51. The first-order valence-corrected chi connectivity index (χ1v) is 4.58. The summed E-state index contributed by atoms with van der Waals surface area (Å²) < 4.78 is 4.70. The normalized spacial score (nSPS) is 23.5. The molecule has 5 nitrogen and oxygen atoms in total. The van der Waals surface area contributed by atoms with Crippen LogP contribution in [-0.2, 0) is 9.53 Å². The minimum atomic E-state index is -0.880. The monoisotopic (exact) mass is 211 g/mol. The Labute approximate surface area is 87.4 Å². The summed E-state index contributed by atoms with van der Waals surface area (Å²) in [5.74, 6) is -1.40. The van der Waals surface area contributed by atoms with E-state index >= 15 is 0 Å². The van der Waals surface area contributed by atoms with E-state index in [4.69, 9.17) is 9.84 Å². The predicted octanol–water partition coefficient (Wildman–Crippen LogP) is 0.928. The van der Waals surface area contributed by atoms with Gasteiger partial charge in [-0.25, -0.2) is 4.79 Å². The summed E-state index contributed by atoms with van der Waals surface area (Å²) >= 11 is 0. The quantitative estimate of drug-likeness (QED) is 0.678. The Bertz CT molecular complexity index is 298. The molecular formula is C10H13NO4. The number of nitrogens with one attached hydrogen (secondary N) is 1. The zero-order valence-corrected chi connectivity index (χ0v) is 8.18. The van der Waals surface area contributed by atoms with Crippen molar-refractivity contribution in [2.24, 2.45) is 5.92 Å². The van der Waals surface area contributed by atoms with Gasteiger partial charge in [0.2, 0.25) is 0 Å². The van der Waals surface area contributed by atoms with Gasteiger partial charge in [-0.3, -0.25) is 4.79 Å². The molecule has 0 aromatic rings. The molecule has 1 aliphatic carbocycles. The lowest BCUT2D eigenvalue weighted by atomic mass is 10.1. The average molecular weight is 211 g/mol. The Hall–Kier alpha value is -1.78. The maximum Gasteiger partial charge on any atom is 0.407 e. The molecule has 0 aromatic carbocycles. The van der Waals surface area contributed by atoms with E-state index < -0.39 is 18.0 Å². The lowest BCUT2D eigenvalue weighted by Gasteiger charge is -2.11. The van der Waals surface area contributed by atoms with E-state index in [0.717, 1.165) is 0 Å². The molecule has 2 N–H and O–H groups in total. The molecule has 5 heteroatoms. The molecule has 0 saturated heterocycles. The minimum absolute atomic E-state index is 0.143. The number of carboxylic acids is 1. The maximum atomic E-state index is 11.1. The minimum Gasteiger partial charge on any atom is -0.481 e. The standard InChI is InChI=1S/C10H13NO4/c1-2-5-15-10(14)11-8-4-3-7(6-8)9(12)13/h2-4,7-8H,1,5-6H2,(H,11,14)(H,12,13)/t7-,8+/m1/s1. The summed E-state index contributed by atoms with van der Waals surface area (Å²) in [4.78, 5) is 21.7. The predicted molar refractivity (Wildman–Crippen MR) is 53.4 cm³/mol. The van der Waals surface area contributed by atoms with E-state index in [9.17, 15) is 9.59 Å². The van der Waals surface area contributed by atoms with E-state index in [-0.39, 0.29) is 12.6 Å². The number of carboxylic acid groups (broad SMARTS) is 1. The molecule has 0 aliphatic heterocycles. The zero-order valence-electron chi connectivity index (χ0n) is 8.18. The van der Waals surface area contributed by atoms with Gasteiger partial charge in [-0.1, -0.05) is 24.8 Å². The molecule has 0 bridgehead atoms. The average Bonchev–Trinajstić information content (AvgIpc) is 2.63.